The molecule has 4 atom stereocenters. The molecule has 3 rings (SSSR count). The first-order valence-electron chi connectivity index (χ1n) is 9.58. The molecule has 0 radical (unpaired) electrons. The number of unbranched alkanes of at least 4 members (excludes halogenated alkanes) is 1. The molecule has 0 aromatic heterocycles. The van der Waals surface area contributed by atoms with E-state index >= 15 is 0 Å². The molecule has 0 amide bonds. The van der Waals surface area contributed by atoms with Crippen LogP contribution >= 0.6 is 0 Å². The summed E-state index contributed by atoms with van der Waals surface area (Å²) in [5.41, 5.74) is 4.92. The molecule has 1 aliphatic carbocycles. The van der Waals surface area contributed by atoms with Gasteiger partial charge >= 0.3 is 0 Å². The number of hydrogen-bond donors (Lipinski definition) is 0. The van der Waals surface area contributed by atoms with Crippen LogP contribution in [-0.4, -0.2) is 29.1 Å². The molecule has 2 heteroatoms. The number of piperidine rings is 1. The molecule has 23 heavy (non-hydrogen) atoms. The smallest absolute Gasteiger partial charge is 0.0985 e. The molecule has 0 spiro atoms. The highest BCUT2D eigenvalue weighted by atomic mass is 15.4. The molecule has 0 N–H and O–H groups in total. The summed E-state index contributed by atoms with van der Waals surface area (Å²) < 4.78 is 0. The van der Waals surface area contributed by atoms with E-state index in [9.17, 15) is 0 Å². The third-order valence-electron chi connectivity index (χ3n) is 6.27. The SMILES string of the molecule is CCCCC1=C2CC(C)C3=CC=CC(C(C)C)C3N2C(C)N1C. The highest BCUT2D eigenvalue weighted by molar-refractivity contribution is 5.37. The number of hydrogen-bond acceptors (Lipinski definition) is 2. The van der Waals surface area contributed by atoms with Gasteiger partial charge in [0, 0.05) is 24.4 Å². The predicted octanol–water partition coefficient (Wildman–Crippen LogP) is 5.16. The van der Waals surface area contributed by atoms with E-state index in [0.29, 0.717) is 30.0 Å². The topological polar surface area (TPSA) is 6.48 Å². The Labute approximate surface area is 142 Å². The third-order valence-corrected chi connectivity index (χ3v) is 6.27. The number of nitrogens with zero attached hydrogens (tertiary/aromatic N) is 2. The first-order chi connectivity index (χ1) is 11.0. The zero-order valence-corrected chi connectivity index (χ0v) is 15.8. The Balaban J connectivity index is 2.02. The molecular formula is C21H34N2. The van der Waals surface area contributed by atoms with Crippen LogP contribution in [0.25, 0.3) is 0 Å². The predicted molar refractivity (Wildman–Crippen MR) is 98.7 cm³/mol. The maximum atomic E-state index is 2.77. The van der Waals surface area contributed by atoms with Crippen molar-refractivity contribution in [2.45, 2.75) is 72.5 Å². The molecular weight excluding hydrogens is 280 g/mol. The lowest BCUT2D eigenvalue weighted by Gasteiger charge is -2.49. The maximum Gasteiger partial charge on any atom is 0.0985 e. The fraction of sp³-hybridized carbons (Fsp3) is 0.714. The summed E-state index contributed by atoms with van der Waals surface area (Å²) in [7, 11) is 2.30. The summed E-state index contributed by atoms with van der Waals surface area (Å²) in [6.07, 6.45) is 12.7. The van der Waals surface area contributed by atoms with E-state index < -0.39 is 0 Å². The van der Waals surface area contributed by atoms with Crippen molar-refractivity contribution >= 4 is 0 Å². The molecule has 1 fully saturated rings. The summed E-state index contributed by atoms with van der Waals surface area (Å²) in [6.45, 7) is 11.9. The minimum Gasteiger partial charge on any atom is -0.356 e. The summed E-state index contributed by atoms with van der Waals surface area (Å²) in [5, 5.41) is 0. The molecule has 0 aromatic rings. The van der Waals surface area contributed by atoms with E-state index in [1.807, 2.05) is 0 Å². The first-order valence-corrected chi connectivity index (χ1v) is 9.58. The van der Waals surface area contributed by atoms with Crippen molar-refractivity contribution in [3.8, 4) is 0 Å². The first kappa shape index (κ1) is 16.7. The van der Waals surface area contributed by atoms with Gasteiger partial charge in [-0.3, -0.25) is 0 Å². The van der Waals surface area contributed by atoms with Crippen molar-refractivity contribution in [2.24, 2.45) is 17.8 Å². The van der Waals surface area contributed by atoms with Crippen molar-refractivity contribution in [1.29, 1.82) is 0 Å². The Hall–Kier alpha value is -1.18. The van der Waals surface area contributed by atoms with Crippen LogP contribution in [0.1, 0.15) is 60.3 Å². The van der Waals surface area contributed by atoms with E-state index in [1.54, 1.807) is 17.0 Å². The highest BCUT2D eigenvalue weighted by Crippen LogP contribution is 2.48. The van der Waals surface area contributed by atoms with E-state index in [-0.39, 0.29) is 0 Å². The molecule has 0 saturated carbocycles. The van der Waals surface area contributed by atoms with Crippen molar-refractivity contribution in [3.63, 3.8) is 0 Å². The Morgan fingerprint density at radius 2 is 2.00 bits per heavy atom. The Morgan fingerprint density at radius 1 is 1.26 bits per heavy atom. The molecule has 0 aromatic carbocycles. The molecule has 128 valence electrons. The van der Waals surface area contributed by atoms with Gasteiger partial charge in [-0.05, 0) is 43.6 Å². The molecule has 2 aliphatic heterocycles. The van der Waals surface area contributed by atoms with Gasteiger partial charge < -0.3 is 9.80 Å². The van der Waals surface area contributed by atoms with Crippen molar-refractivity contribution in [1.82, 2.24) is 9.80 Å². The Morgan fingerprint density at radius 3 is 2.65 bits per heavy atom. The summed E-state index contributed by atoms with van der Waals surface area (Å²) in [5.74, 6) is 1.99. The quantitative estimate of drug-likeness (QED) is 0.707. The summed E-state index contributed by atoms with van der Waals surface area (Å²) in [6, 6.07) is 0.565. The molecule has 2 nitrogen and oxygen atoms in total. The van der Waals surface area contributed by atoms with Gasteiger partial charge in [0.15, 0.2) is 0 Å². The number of rotatable bonds is 4. The van der Waals surface area contributed by atoms with Crippen LogP contribution in [0.4, 0.5) is 0 Å². The second-order valence-electron chi connectivity index (χ2n) is 8.07. The fourth-order valence-electron chi connectivity index (χ4n) is 4.80. The Kier molecular flexibility index (Phi) is 4.62. The second kappa shape index (κ2) is 6.37. The van der Waals surface area contributed by atoms with Gasteiger partial charge in [0.05, 0.1) is 12.2 Å². The van der Waals surface area contributed by atoms with E-state index in [2.05, 4.69) is 69.7 Å². The van der Waals surface area contributed by atoms with Gasteiger partial charge in [-0.25, -0.2) is 0 Å². The lowest BCUT2D eigenvalue weighted by molar-refractivity contribution is 0.0897. The second-order valence-corrected chi connectivity index (χ2v) is 8.07. The van der Waals surface area contributed by atoms with Gasteiger partial charge in [0.25, 0.3) is 0 Å². The van der Waals surface area contributed by atoms with Crippen LogP contribution in [0, 0.1) is 17.8 Å². The maximum absolute atomic E-state index is 2.77. The monoisotopic (exact) mass is 314 g/mol. The van der Waals surface area contributed by atoms with Crippen molar-refractivity contribution in [2.75, 3.05) is 7.05 Å². The van der Waals surface area contributed by atoms with Crippen LogP contribution in [0.15, 0.2) is 35.2 Å². The fourth-order valence-corrected chi connectivity index (χ4v) is 4.80. The average molecular weight is 315 g/mol. The van der Waals surface area contributed by atoms with Crippen molar-refractivity contribution in [3.05, 3.63) is 35.2 Å². The lowest BCUT2D eigenvalue weighted by Crippen LogP contribution is -2.51. The van der Waals surface area contributed by atoms with Crippen LogP contribution in [-0.2, 0) is 0 Å². The summed E-state index contributed by atoms with van der Waals surface area (Å²) in [4.78, 5) is 5.32. The lowest BCUT2D eigenvalue weighted by atomic mass is 9.72. The van der Waals surface area contributed by atoms with Gasteiger partial charge in [-0.15, -0.1) is 0 Å². The van der Waals surface area contributed by atoms with E-state index in [1.165, 1.54) is 25.7 Å². The normalized spacial score (nSPS) is 33.3. The number of fused-ring (bicyclic) bond motifs is 3. The van der Waals surface area contributed by atoms with Crippen LogP contribution in [0.5, 0.6) is 0 Å². The average Bonchev–Trinajstić information content (AvgIpc) is 2.76. The van der Waals surface area contributed by atoms with E-state index in [0.717, 1.165) is 0 Å². The van der Waals surface area contributed by atoms with Gasteiger partial charge in [-0.2, -0.15) is 0 Å². The largest absolute Gasteiger partial charge is 0.356 e. The molecule has 4 unspecified atom stereocenters. The highest BCUT2D eigenvalue weighted by Gasteiger charge is 2.46. The molecule has 1 saturated heterocycles. The zero-order chi connectivity index (χ0) is 16.7. The van der Waals surface area contributed by atoms with Crippen molar-refractivity contribution < 1.29 is 0 Å². The third kappa shape index (κ3) is 2.64. The van der Waals surface area contributed by atoms with E-state index in [4.69, 9.17) is 0 Å². The van der Waals surface area contributed by atoms with Crippen LogP contribution < -0.4 is 0 Å². The van der Waals surface area contributed by atoms with Gasteiger partial charge in [0.1, 0.15) is 0 Å². The molecule has 3 aliphatic rings. The standard InChI is InChI=1S/C21H34N2/c1-7-8-12-19-20-13-15(4)18-11-9-10-17(14(2)3)21(18)23(20)16(5)22(19)6/h9-11,14-17,21H,7-8,12-13H2,1-6H3. The minimum atomic E-state index is 0.491. The van der Waals surface area contributed by atoms with Gasteiger partial charge in [0.2, 0.25) is 0 Å². The van der Waals surface area contributed by atoms with Crippen LogP contribution in [0.2, 0.25) is 0 Å². The zero-order valence-electron chi connectivity index (χ0n) is 15.8. The van der Waals surface area contributed by atoms with Gasteiger partial charge in [-0.1, -0.05) is 52.3 Å². The van der Waals surface area contributed by atoms with Crippen LogP contribution in [0.3, 0.4) is 0 Å². The Bertz CT molecular complexity index is 540. The molecule has 0 bridgehead atoms. The molecule has 2 heterocycles. The number of allylic oxidation sites excluding steroid dienone is 4. The minimum absolute atomic E-state index is 0.491. The summed E-state index contributed by atoms with van der Waals surface area (Å²) >= 11 is 0.